The number of ether oxygens (including phenoxy) is 1. The van der Waals surface area contributed by atoms with Gasteiger partial charge in [0.15, 0.2) is 0 Å². The van der Waals surface area contributed by atoms with Gasteiger partial charge in [-0.1, -0.05) is 41.9 Å². The van der Waals surface area contributed by atoms with Gasteiger partial charge in [-0.05, 0) is 44.4 Å². The van der Waals surface area contributed by atoms with Crippen molar-refractivity contribution in [3.05, 3.63) is 34.3 Å². The van der Waals surface area contributed by atoms with E-state index >= 15 is 0 Å². The molecule has 1 fully saturated rings. The molecule has 5 heteroatoms. The van der Waals surface area contributed by atoms with Gasteiger partial charge >= 0.3 is 6.09 Å². The van der Waals surface area contributed by atoms with Crippen molar-refractivity contribution in [2.45, 2.75) is 64.7 Å². The summed E-state index contributed by atoms with van der Waals surface area (Å²) in [4.78, 5) is 14.5. The molecular formula is C19H28BrNO3. The van der Waals surface area contributed by atoms with E-state index in [0.29, 0.717) is 13.0 Å². The van der Waals surface area contributed by atoms with E-state index < -0.39 is 11.2 Å². The molecule has 1 aromatic rings. The number of cyclic esters (lactones) is 1. The lowest BCUT2D eigenvalue weighted by Gasteiger charge is -2.47. The molecule has 24 heavy (non-hydrogen) atoms. The number of hydrogen-bond acceptors (Lipinski definition) is 3. The topological polar surface area (TPSA) is 49.8 Å². The maximum Gasteiger partial charge on any atom is 0.410 e. The van der Waals surface area contributed by atoms with Crippen LogP contribution >= 0.6 is 15.9 Å². The monoisotopic (exact) mass is 397 g/mol. The lowest BCUT2D eigenvalue weighted by Crippen LogP contribution is -2.55. The summed E-state index contributed by atoms with van der Waals surface area (Å²) in [5.74, 6) is 0.151. The third kappa shape index (κ3) is 4.31. The highest BCUT2D eigenvalue weighted by Gasteiger charge is 2.47. The Bertz CT molecular complexity index is 579. The molecule has 2 atom stereocenters. The predicted molar refractivity (Wildman–Crippen MR) is 98.8 cm³/mol. The molecule has 1 amide bonds. The fourth-order valence-corrected chi connectivity index (χ4v) is 3.69. The van der Waals surface area contributed by atoms with E-state index in [2.05, 4.69) is 15.9 Å². The molecule has 0 aromatic heterocycles. The Morgan fingerprint density at radius 3 is 2.33 bits per heavy atom. The normalized spacial score (nSPS) is 23.3. The van der Waals surface area contributed by atoms with Crippen molar-refractivity contribution in [2.75, 3.05) is 6.54 Å². The second kappa shape index (κ2) is 7.04. The summed E-state index contributed by atoms with van der Waals surface area (Å²) in [5.41, 5.74) is -0.398. The van der Waals surface area contributed by atoms with E-state index in [-0.39, 0.29) is 18.1 Å². The zero-order valence-corrected chi connectivity index (χ0v) is 16.8. The molecule has 1 aliphatic rings. The molecule has 0 radical (unpaired) electrons. The van der Waals surface area contributed by atoms with Gasteiger partial charge in [0, 0.05) is 23.9 Å². The Hall–Kier alpha value is -1.07. The SMILES string of the molecule is CC(c1ccc(Br)cc1)N1CCC(CC(C)(C)O)(C(C)C)OC1=O. The van der Waals surface area contributed by atoms with Crippen LogP contribution in [0.15, 0.2) is 28.7 Å². The number of benzene rings is 1. The molecule has 0 aliphatic carbocycles. The first kappa shape index (κ1) is 19.3. The largest absolute Gasteiger partial charge is 0.442 e. The molecule has 4 nitrogen and oxygen atoms in total. The highest BCUT2D eigenvalue weighted by atomic mass is 79.9. The average Bonchev–Trinajstić information content (AvgIpc) is 2.45. The van der Waals surface area contributed by atoms with Gasteiger partial charge in [0.25, 0.3) is 0 Å². The summed E-state index contributed by atoms with van der Waals surface area (Å²) in [6.45, 7) is 10.3. The molecule has 134 valence electrons. The van der Waals surface area contributed by atoms with Gasteiger partial charge in [-0.3, -0.25) is 0 Å². The summed E-state index contributed by atoms with van der Waals surface area (Å²) in [7, 11) is 0. The van der Waals surface area contributed by atoms with Crippen molar-refractivity contribution in [1.29, 1.82) is 0 Å². The Kier molecular flexibility index (Phi) is 5.65. The number of carbonyl (C=O) groups excluding carboxylic acids is 1. The zero-order chi connectivity index (χ0) is 18.1. The number of carbonyl (C=O) groups is 1. The molecule has 1 saturated heterocycles. The molecule has 1 heterocycles. The van der Waals surface area contributed by atoms with E-state index in [4.69, 9.17) is 4.74 Å². The summed E-state index contributed by atoms with van der Waals surface area (Å²) >= 11 is 3.43. The van der Waals surface area contributed by atoms with E-state index in [1.54, 1.807) is 18.7 Å². The number of aliphatic hydroxyl groups is 1. The first-order valence-corrected chi connectivity index (χ1v) is 9.31. The second-order valence-corrected chi connectivity index (χ2v) is 8.66. The van der Waals surface area contributed by atoms with E-state index in [1.165, 1.54) is 0 Å². The second-order valence-electron chi connectivity index (χ2n) is 7.75. The van der Waals surface area contributed by atoms with Crippen LogP contribution < -0.4 is 0 Å². The van der Waals surface area contributed by atoms with Gasteiger partial charge in [-0.2, -0.15) is 0 Å². The van der Waals surface area contributed by atoms with Crippen LogP contribution in [-0.4, -0.2) is 33.8 Å². The number of nitrogens with zero attached hydrogens (tertiary/aromatic N) is 1. The fourth-order valence-electron chi connectivity index (χ4n) is 3.42. The molecule has 0 spiro atoms. The molecule has 1 N–H and O–H groups in total. The van der Waals surface area contributed by atoms with Gasteiger partial charge in [-0.15, -0.1) is 0 Å². The van der Waals surface area contributed by atoms with Crippen LogP contribution in [0, 0.1) is 5.92 Å². The van der Waals surface area contributed by atoms with Crippen molar-refractivity contribution in [1.82, 2.24) is 4.90 Å². The Morgan fingerprint density at radius 1 is 1.29 bits per heavy atom. The van der Waals surface area contributed by atoms with Crippen LogP contribution in [-0.2, 0) is 4.74 Å². The molecule has 1 aromatic carbocycles. The van der Waals surface area contributed by atoms with E-state index in [1.807, 2.05) is 45.0 Å². The summed E-state index contributed by atoms with van der Waals surface area (Å²) < 4.78 is 6.93. The lowest BCUT2D eigenvalue weighted by atomic mass is 9.77. The molecule has 2 unspecified atom stereocenters. The minimum absolute atomic E-state index is 0.0436. The molecular weight excluding hydrogens is 370 g/mol. The number of rotatable bonds is 5. The van der Waals surface area contributed by atoms with Crippen molar-refractivity contribution >= 4 is 22.0 Å². The number of amides is 1. The van der Waals surface area contributed by atoms with E-state index in [9.17, 15) is 9.90 Å². The van der Waals surface area contributed by atoms with Crippen LogP contribution in [0.5, 0.6) is 0 Å². The molecule has 0 saturated carbocycles. The molecule has 0 bridgehead atoms. The highest BCUT2D eigenvalue weighted by Crippen LogP contribution is 2.39. The van der Waals surface area contributed by atoms with Crippen LogP contribution in [0.2, 0.25) is 0 Å². The quantitative estimate of drug-likeness (QED) is 0.767. The number of halogens is 1. The summed E-state index contributed by atoms with van der Waals surface area (Å²) in [5, 5.41) is 10.2. The standard InChI is InChI=1S/C19H28BrNO3/c1-13(2)19(12-18(4,5)23)10-11-21(17(22)24-19)14(3)15-6-8-16(20)9-7-15/h6-9,13-14,23H,10-12H2,1-5H3. The van der Waals surface area contributed by atoms with Gasteiger partial charge in [0.1, 0.15) is 5.60 Å². The highest BCUT2D eigenvalue weighted by molar-refractivity contribution is 9.10. The minimum Gasteiger partial charge on any atom is -0.442 e. The minimum atomic E-state index is -0.871. The van der Waals surface area contributed by atoms with Gasteiger partial charge in [0.2, 0.25) is 0 Å². The van der Waals surface area contributed by atoms with Gasteiger partial charge in [-0.25, -0.2) is 4.79 Å². The third-order valence-corrected chi connectivity index (χ3v) is 5.43. The van der Waals surface area contributed by atoms with Crippen molar-refractivity contribution in [3.63, 3.8) is 0 Å². The molecule has 1 aliphatic heterocycles. The molecule has 2 rings (SSSR count). The third-order valence-electron chi connectivity index (χ3n) is 4.90. The van der Waals surface area contributed by atoms with Crippen LogP contribution in [0.4, 0.5) is 4.79 Å². The summed E-state index contributed by atoms with van der Waals surface area (Å²) in [6, 6.07) is 7.95. The van der Waals surface area contributed by atoms with Crippen LogP contribution in [0.25, 0.3) is 0 Å². The Labute approximate surface area is 153 Å². The first-order valence-electron chi connectivity index (χ1n) is 8.51. The van der Waals surface area contributed by atoms with E-state index in [0.717, 1.165) is 16.5 Å². The first-order chi connectivity index (χ1) is 11.0. The number of hydrogen-bond donors (Lipinski definition) is 1. The Balaban J connectivity index is 2.16. The Morgan fingerprint density at radius 2 is 1.88 bits per heavy atom. The van der Waals surface area contributed by atoms with Crippen LogP contribution in [0.1, 0.15) is 59.1 Å². The van der Waals surface area contributed by atoms with Crippen molar-refractivity contribution in [3.8, 4) is 0 Å². The van der Waals surface area contributed by atoms with Crippen molar-refractivity contribution < 1.29 is 14.6 Å². The fraction of sp³-hybridized carbons (Fsp3) is 0.632. The van der Waals surface area contributed by atoms with Crippen molar-refractivity contribution in [2.24, 2.45) is 5.92 Å². The van der Waals surface area contributed by atoms with Crippen LogP contribution in [0.3, 0.4) is 0 Å². The maximum atomic E-state index is 12.7. The predicted octanol–water partition coefficient (Wildman–Crippen LogP) is 4.91. The average molecular weight is 398 g/mol. The summed E-state index contributed by atoms with van der Waals surface area (Å²) in [6.07, 6.45) is 0.875. The van der Waals surface area contributed by atoms with Gasteiger partial charge < -0.3 is 14.7 Å². The lowest BCUT2D eigenvalue weighted by molar-refractivity contribution is -0.119. The smallest absolute Gasteiger partial charge is 0.410 e. The van der Waals surface area contributed by atoms with Gasteiger partial charge in [0.05, 0.1) is 11.6 Å². The maximum absolute atomic E-state index is 12.7. The zero-order valence-electron chi connectivity index (χ0n) is 15.2.